The van der Waals surface area contributed by atoms with E-state index in [1.807, 2.05) is 6.92 Å². The Kier molecular flexibility index (Phi) is 15.5. The second-order valence-electron chi connectivity index (χ2n) is 4.35. The number of hydrogen-bond donors (Lipinski definition) is 2. The Labute approximate surface area is 123 Å². The molecule has 0 unspecified atom stereocenters. The first kappa shape index (κ1) is 19.1. The lowest BCUT2D eigenvalue weighted by Crippen LogP contribution is -2.32. The summed E-state index contributed by atoms with van der Waals surface area (Å²) < 4.78 is 0. The van der Waals surface area contributed by atoms with Crippen LogP contribution in [0.2, 0.25) is 0 Å². The lowest BCUT2D eigenvalue weighted by molar-refractivity contribution is 0.601. The van der Waals surface area contributed by atoms with E-state index in [0.29, 0.717) is 12.5 Å². The summed E-state index contributed by atoms with van der Waals surface area (Å²) in [7, 11) is 0. The molecule has 0 aliphatic carbocycles. The molecule has 0 atom stereocenters. The first-order valence-corrected chi connectivity index (χ1v) is 6.35. The number of guanidine groups is 1. The van der Waals surface area contributed by atoms with Gasteiger partial charge in [0.2, 0.25) is 0 Å². The Morgan fingerprint density at radius 1 is 1.18 bits per heavy atom. The number of halogens is 1. The summed E-state index contributed by atoms with van der Waals surface area (Å²) in [6.07, 6.45) is 7.80. The quantitative estimate of drug-likeness (QED) is 0.219. The van der Waals surface area contributed by atoms with Gasteiger partial charge in [0.15, 0.2) is 5.96 Å². The minimum Gasteiger partial charge on any atom is -0.370 e. The fourth-order valence-electron chi connectivity index (χ4n) is 1.40. The highest BCUT2D eigenvalue weighted by Crippen LogP contribution is 2.03. The fraction of sp³-hybridized carbons (Fsp3) is 0.769. The summed E-state index contributed by atoms with van der Waals surface area (Å²) in [5, 5.41) is 3.12. The van der Waals surface area contributed by atoms with E-state index in [4.69, 9.17) is 5.73 Å². The van der Waals surface area contributed by atoms with E-state index in [2.05, 4.69) is 23.8 Å². The molecule has 0 saturated carbocycles. The molecule has 3 N–H and O–H groups in total. The van der Waals surface area contributed by atoms with Gasteiger partial charge in [-0.15, -0.1) is 24.0 Å². The normalized spacial score (nSPS) is 10.8. The molecule has 3 nitrogen and oxygen atoms in total. The van der Waals surface area contributed by atoms with Gasteiger partial charge in [0.25, 0.3) is 0 Å². The van der Waals surface area contributed by atoms with Crippen molar-refractivity contribution in [3.05, 3.63) is 12.2 Å². The molecule has 0 bridgehead atoms. The third-order valence-corrected chi connectivity index (χ3v) is 2.36. The molecule has 0 aromatic rings. The zero-order chi connectivity index (χ0) is 12.2. The molecular weight excluding hydrogens is 325 g/mol. The van der Waals surface area contributed by atoms with Gasteiger partial charge in [-0.05, 0) is 13.3 Å². The summed E-state index contributed by atoms with van der Waals surface area (Å²) >= 11 is 0. The minimum atomic E-state index is 0. The van der Waals surface area contributed by atoms with Crippen LogP contribution in [0.5, 0.6) is 0 Å². The van der Waals surface area contributed by atoms with Crippen molar-refractivity contribution in [2.24, 2.45) is 10.7 Å². The molecule has 0 aliphatic rings. The number of nitrogens with two attached hydrogens (primary N) is 1. The van der Waals surface area contributed by atoms with E-state index < -0.39 is 0 Å². The Balaban J connectivity index is 0. The third-order valence-electron chi connectivity index (χ3n) is 2.36. The van der Waals surface area contributed by atoms with Crippen molar-refractivity contribution in [1.82, 2.24) is 5.32 Å². The maximum absolute atomic E-state index is 5.68. The van der Waals surface area contributed by atoms with E-state index >= 15 is 0 Å². The van der Waals surface area contributed by atoms with Crippen LogP contribution in [0.4, 0.5) is 0 Å². The van der Waals surface area contributed by atoms with Gasteiger partial charge in [0.1, 0.15) is 0 Å². The van der Waals surface area contributed by atoms with Gasteiger partial charge >= 0.3 is 0 Å². The van der Waals surface area contributed by atoms with Crippen LogP contribution in [0.3, 0.4) is 0 Å². The molecule has 17 heavy (non-hydrogen) atoms. The van der Waals surface area contributed by atoms with Crippen LogP contribution >= 0.6 is 24.0 Å². The number of hydrogen-bond acceptors (Lipinski definition) is 1. The molecule has 0 fully saturated rings. The van der Waals surface area contributed by atoms with Gasteiger partial charge in [-0.25, -0.2) is 4.99 Å². The maximum atomic E-state index is 5.68. The monoisotopic (exact) mass is 353 g/mol. The van der Waals surface area contributed by atoms with Gasteiger partial charge in [0.05, 0.1) is 6.54 Å². The van der Waals surface area contributed by atoms with Crippen LogP contribution in [-0.2, 0) is 0 Å². The zero-order valence-corrected chi connectivity index (χ0v) is 13.6. The Bertz CT molecular complexity index is 215. The van der Waals surface area contributed by atoms with Crippen molar-refractivity contribution in [1.29, 1.82) is 0 Å². The Morgan fingerprint density at radius 2 is 1.76 bits per heavy atom. The van der Waals surface area contributed by atoms with Crippen LogP contribution in [0.25, 0.3) is 0 Å². The average molecular weight is 353 g/mol. The number of nitrogens with one attached hydrogen (secondary N) is 1. The van der Waals surface area contributed by atoms with Crippen LogP contribution in [0.15, 0.2) is 17.1 Å². The third kappa shape index (κ3) is 15.7. The SMILES string of the molecule is C=C(C)CN=C(N)NCCCCCCCC.I. The molecule has 4 heteroatoms. The largest absolute Gasteiger partial charge is 0.370 e. The van der Waals surface area contributed by atoms with E-state index in [-0.39, 0.29) is 24.0 Å². The molecule has 0 aromatic carbocycles. The highest BCUT2D eigenvalue weighted by molar-refractivity contribution is 14.0. The van der Waals surface area contributed by atoms with E-state index in [9.17, 15) is 0 Å². The molecule has 0 heterocycles. The number of rotatable bonds is 9. The number of nitrogens with zero attached hydrogens (tertiary/aromatic N) is 1. The van der Waals surface area contributed by atoms with Crippen molar-refractivity contribution in [2.75, 3.05) is 13.1 Å². The second-order valence-corrected chi connectivity index (χ2v) is 4.35. The topological polar surface area (TPSA) is 50.4 Å². The summed E-state index contributed by atoms with van der Waals surface area (Å²) in [6, 6.07) is 0. The van der Waals surface area contributed by atoms with Crippen LogP contribution in [-0.4, -0.2) is 19.0 Å². The highest BCUT2D eigenvalue weighted by atomic mass is 127. The van der Waals surface area contributed by atoms with Gasteiger partial charge < -0.3 is 11.1 Å². The zero-order valence-electron chi connectivity index (χ0n) is 11.3. The minimum absolute atomic E-state index is 0. The maximum Gasteiger partial charge on any atom is 0.188 e. The van der Waals surface area contributed by atoms with Crippen LogP contribution in [0.1, 0.15) is 52.4 Å². The van der Waals surface area contributed by atoms with Gasteiger partial charge in [0, 0.05) is 6.54 Å². The molecule has 0 rings (SSSR count). The first-order chi connectivity index (χ1) is 7.66. The number of unbranched alkanes of at least 4 members (excludes halogenated alkanes) is 5. The van der Waals surface area contributed by atoms with E-state index in [1.165, 1.54) is 38.5 Å². The Hall–Kier alpha value is -0.260. The summed E-state index contributed by atoms with van der Waals surface area (Å²) in [6.45, 7) is 9.51. The summed E-state index contributed by atoms with van der Waals surface area (Å²) in [4.78, 5) is 4.15. The van der Waals surface area contributed by atoms with Gasteiger partial charge in [-0.1, -0.05) is 51.2 Å². The lowest BCUT2D eigenvalue weighted by atomic mass is 10.1. The molecule has 0 amide bonds. The van der Waals surface area contributed by atoms with E-state index in [1.54, 1.807) is 0 Å². The van der Waals surface area contributed by atoms with Crippen molar-refractivity contribution >= 4 is 29.9 Å². The van der Waals surface area contributed by atoms with Crippen LogP contribution in [0, 0.1) is 0 Å². The highest BCUT2D eigenvalue weighted by Gasteiger charge is 1.92. The first-order valence-electron chi connectivity index (χ1n) is 6.35. The molecule has 0 aromatic heterocycles. The summed E-state index contributed by atoms with van der Waals surface area (Å²) in [5.41, 5.74) is 6.71. The van der Waals surface area contributed by atoms with Crippen molar-refractivity contribution in [3.63, 3.8) is 0 Å². The molecule has 0 aliphatic heterocycles. The molecular formula is C13H28IN3. The van der Waals surface area contributed by atoms with Gasteiger partial charge in [-0.3, -0.25) is 0 Å². The lowest BCUT2D eigenvalue weighted by Gasteiger charge is -2.05. The van der Waals surface area contributed by atoms with Crippen LogP contribution < -0.4 is 11.1 Å². The van der Waals surface area contributed by atoms with Crippen molar-refractivity contribution in [3.8, 4) is 0 Å². The number of aliphatic imine (C=N–C) groups is 1. The second kappa shape index (κ2) is 13.8. The predicted octanol–water partition coefficient (Wildman–Crippen LogP) is 3.45. The fourth-order valence-corrected chi connectivity index (χ4v) is 1.40. The molecule has 102 valence electrons. The standard InChI is InChI=1S/C13H27N3.HI/c1-4-5-6-7-8-9-10-15-13(14)16-11-12(2)3;/h2,4-11H2,1,3H3,(H3,14,15,16);1H. The Morgan fingerprint density at radius 3 is 2.35 bits per heavy atom. The van der Waals surface area contributed by atoms with Crippen molar-refractivity contribution < 1.29 is 0 Å². The van der Waals surface area contributed by atoms with Crippen molar-refractivity contribution in [2.45, 2.75) is 52.4 Å². The molecule has 0 spiro atoms. The molecule has 0 saturated heterocycles. The predicted molar refractivity (Wildman–Crippen MR) is 88.1 cm³/mol. The van der Waals surface area contributed by atoms with Gasteiger partial charge in [-0.2, -0.15) is 0 Å². The van der Waals surface area contributed by atoms with E-state index in [0.717, 1.165) is 12.1 Å². The smallest absolute Gasteiger partial charge is 0.188 e. The summed E-state index contributed by atoms with van der Waals surface area (Å²) in [5.74, 6) is 0.538. The molecule has 0 radical (unpaired) electrons. The average Bonchev–Trinajstić information content (AvgIpc) is 2.25.